The molecule has 3 aromatic rings. The van der Waals surface area contributed by atoms with Gasteiger partial charge < -0.3 is 38.6 Å². The molecule has 2 atom stereocenters. The monoisotopic (exact) mass is 618 g/mol. The number of hydrogen-bond acceptors (Lipinski definition) is 7. The first-order valence-electron chi connectivity index (χ1n) is 15.5. The van der Waals surface area contributed by atoms with Crippen LogP contribution < -0.4 is 19.1 Å². The summed E-state index contributed by atoms with van der Waals surface area (Å²) in [5.41, 5.74) is 3.78. The van der Waals surface area contributed by atoms with Crippen molar-refractivity contribution in [2.24, 2.45) is 0 Å². The predicted molar refractivity (Wildman–Crippen MR) is 170 cm³/mol. The van der Waals surface area contributed by atoms with Gasteiger partial charge in [-0.3, -0.25) is 4.79 Å². The molecule has 0 spiro atoms. The third kappa shape index (κ3) is 8.46. The molecule has 2 aliphatic heterocycles. The van der Waals surface area contributed by atoms with Crippen molar-refractivity contribution >= 4 is 17.7 Å². The van der Waals surface area contributed by atoms with Gasteiger partial charge in [0.15, 0.2) is 6.61 Å². The number of methoxy groups -OCH3 is 1. The molecule has 10 nitrogen and oxygen atoms in total. The van der Waals surface area contributed by atoms with Gasteiger partial charge in [-0.05, 0) is 66.8 Å². The highest BCUT2D eigenvalue weighted by molar-refractivity contribution is 5.97. The quantitative estimate of drug-likeness (QED) is 0.231. The third-order valence-electron chi connectivity index (χ3n) is 8.21. The molecule has 0 radical (unpaired) electrons. The van der Waals surface area contributed by atoms with Crippen LogP contribution in [0.4, 0.5) is 10.5 Å². The third-order valence-corrected chi connectivity index (χ3v) is 8.21. The predicted octanol–water partition coefficient (Wildman–Crippen LogP) is 5.66. The molecular weight excluding hydrogens is 576 g/mol. The first kappa shape index (κ1) is 32.1. The summed E-state index contributed by atoms with van der Waals surface area (Å²) in [4.78, 5) is 27.6. The number of piperidine rings is 1. The number of para-hydroxylation sites is 1. The Labute approximate surface area is 264 Å². The molecule has 1 fully saturated rings. The summed E-state index contributed by atoms with van der Waals surface area (Å²) in [5, 5.41) is 9.69. The van der Waals surface area contributed by atoms with E-state index in [9.17, 15) is 14.7 Å². The SMILES string of the molecule is COCCCN1C(=O)COc2ccc(COC3CN(C(=O)O)CCC3c3ccc(OCCCOc4ccccc4C)cc3)cc21. The fourth-order valence-corrected chi connectivity index (χ4v) is 5.75. The topological polar surface area (TPSA) is 107 Å². The van der Waals surface area contributed by atoms with Gasteiger partial charge in [0.1, 0.15) is 17.2 Å². The number of carbonyl (C=O) groups excluding carboxylic acids is 1. The molecular formula is C35H42N2O8. The molecule has 5 rings (SSSR count). The van der Waals surface area contributed by atoms with Crippen LogP contribution in [0, 0.1) is 6.92 Å². The smallest absolute Gasteiger partial charge is 0.407 e. The van der Waals surface area contributed by atoms with Crippen LogP contribution >= 0.6 is 0 Å². The van der Waals surface area contributed by atoms with Gasteiger partial charge in [-0.2, -0.15) is 0 Å². The van der Waals surface area contributed by atoms with E-state index in [1.165, 1.54) is 4.90 Å². The van der Waals surface area contributed by atoms with Crippen LogP contribution in [0.15, 0.2) is 66.7 Å². The molecule has 0 saturated carbocycles. The molecule has 0 aromatic heterocycles. The maximum Gasteiger partial charge on any atom is 0.407 e. The number of carbonyl (C=O) groups is 2. The van der Waals surface area contributed by atoms with E-state index < -0.39 is 6.09 Å². The maximum absolute atomic E-state index is 12.6. The zero-order chi connectivity index (χ0) is 31.6. The van der Waals surface area contributed by atoms with Crippen molar-refractivity contribution in [3.05, 3.63) is 83.4 Å². The number of nitrogens with zero attached hydrogens (tertiary/aromatic N) is 2. The Hall–Kier alpha value is -4.28. The van der Waals surface area contributed by atoms with Crippen molar-refractivity contribution in [1.82, 2.24) is 4.90 Å². The van der Waals surface area contributed by atoms with Gasteiger partial charge in [-0.1, -0.05) is 36.4 Å². The van der Waals surface area contributed by atoms with Crippen molar-refractivity contribution in [2.45, 2.75) is 44.8 Å². The van der Waals surface area contributed by atoms with E-state index in [2.05, 4.69) is 0 Å². The van der Waals surface area contributed by atoms with Gasteiger partial charge in [0.05, 0.1) is 38.2 Å². The zero-order valence-electron chi connectivity index (χ0n) is 26.0. The average molecular weight is 619 g/mol. The van der Waals surface area contributed by atoms with E-state index >= 15 is 0 Å². The molecule has 1 saturated heterocycles. The van der Waals surface area contributed by atoms with E-state index in [1.807, 2.05) is 73.7 Å². The van der Waals surface area contributed by atoms with Crippen LogP contribution in [0.3, 0.4) is 0 Å². The second-order valence-electron chi connectivity index (χ2n) is 11.3. The Bertz CT molecular complexity index is 1430. The Morgan fingerprint density at radius 1 is 1.00 bits per heavy atom. The number of aryl methyl sites for hydroxylation is 1. The number of anilines is 1. The maximum atomic E-state index is 12.6. The lowest BCUT2D eigenvalue weighted by molar-refractivity contribution is -0.121. The van der Waals surface area contributed by atoms with Crippen molar-refractivity contribution in [2.75, 3.05) is 58.1 Å². The molecule has 240 valence electrons. The summed E-state index contributed by atoms with van der Waals surface area (Å²) >= 11 is 0. The van der Waals surface area contributed by atoms with E-state index in [0.717, 1.165) is 34.6 Å². The molecule has 0 aliphatic carbocycles. The highest BCUT2D eigenvalue weighted by atomic mass is 16.5. The molecule has 2 heterocycles. The fourth-order valence-electron chi connectivity index (χ4n) is 5.75. The van der Waals surface area contributed by atoms with Crippen LogP contribution in [0.1, 0.15) is 41.9 Å². The van der Waals surface area contributed by atoms with Crippen LogP contribution in [0.25, 0.3) is 0 Å². The summed E-state index contributed by atoms with van der Waals surface area (Å²) in [6.07, 6.45) is 0.824. The minimum Gasteiger partial charge on any atom is -0.493 e. The van der Waals surface area contributed by atoms with Crippen LogP contribution in [-0.4, -0.2) is 81.3 Å². The van der Waals surface area contributed by atoms with Gasteiger partial charge in [0.25, 0.3) is 5.91 Å². The number of amides is 2. The summed E-state index contributed by atoms with van der Waals surface area (Å²) in [6, 6.07) is 21.6. The first-order chi connectivity index (χ1) is 21.9. The van der Waals surface area contributed by atoms with Gasteiger partial charge >= 0.3 is 6.09 Å². The van der Waals surface area contributed by atoms with Crippen molar-refractivity contribution in [1.29, 1.82) is 0 Å². The molecule has 2 amide bonds. The number of likely N-dealkylation sites (tertiary alicyclic amines) is 1. The number of hydrogen-bond donors (Lipinski definition) is 1. The minimum atomic E-state index is -0.951. The number of fused-ring (bicyclic) bond motifs is 1. The van der Waals surface area contributed by atoms with Gasteiger partial charge in [-0.25, -0.2) is 4.79 Å². The van der Waals surface area contributed by atoms with Crippen LogP contribution in [0.5, 0.6) is 17.2 Å². The lowest BCUT2D eigenvalue weighted by atomic mass is 9.87. The van der Waals surface area contributed by atoms with Crippen LogP contribution in [-0.2, 0) is 20.9 Å². The molecule has 2 unspecified atom stereocenters. The minimum absolute atomic E-state index is 0.0107. The largest absolute Gasteiger partial charge is 0.493 e. The van der Waals surface area contributed by atoms with Crippen molar-refractivity contribution in [3.63, 3.8) is 0 Å². The zero-order valence-corrected chi connectivity index (χ0v) is 26.0. The Kier molecular flexibility index (Phi) is 11.2. The second-order valence-corrected chi connectivity index (χ2v) is 11.3. The summed E-state index contributed by atoms with van der Waals surface area (Å²) in [7, 11) is 1.64. The van der Waals surface area contributed by atoms with E-state index in [0.29, 0.717) is 57.2 Å². The van der Waals surface area contributed by atoms with E-state index in [-0.39, 0.29) is 37.7 Å². The van der Waals surface area contributed by atoms with E-state index in [1.54, 1.807) is 12.0 Å². The van der Waals surface area contributed by atoms with Crippen molar-refractivity contribution in [3.8, 4) is 17.2 Å². The average Bonchev–Trinajstić information content (AvgIpc) is 3.05. The Morgan fingerprint density at radius 2 is 1.80 bits per heavy atom. The number of carboxylic acid groups (broad SMARTS) is 1. The lowest BCUT2D eigenvalue weighted by Crippen LogP contribution is -2.46. The molecule has 45 heavy (non-hydrogen) atoms. The molecule has 0 bridgehead atoms. The highest BCUT2D eigenvalue weighted by Crippen LogP contribution is 2.35. The highest BCUT2D eigenvalue weighted by Gasteiger charge is 2.33. The van der Waals surface area contributed by atoms with Gasteiger partial charge in [-0.15, -0.1) is 0 Å². The fraction of sp³-hybridized carbons (Fsp3) is 0.429. The molecule has 2 aliphatic rings. The van der Waals surface area contributed by atoms with Gasteiger partial charge in [0, 0.05) is 39.1 Å². The first-order valence-corrected chi connectivity index (χ1v) is 15.5. The Balaban J connectivity index is 1.19. The van der Waals surface area contributed by atoms with Crippen LogP contribution in [0.2, 0.25) is 0 Å². The number of ether oxygens (including phenoxy) is 5. The summed E-state index contributed by atoms with van der Waals surface area (Å²) in [5.74, 6) is 2.25. The van der Waals surface area contributed by atoms with Crippen molar-refractivity contribution < 1.29 is 38.4 Å². The second kappa shape index (κ2) is 15.6. The lowest BCUT2D eigenvalue weighted by Gasteiger charge is -2.37. The van der Waals surface area contributed by atoms with E-state index in [4.69, 9.17) is 23.7 Å². The summed E-state index contributed by atoms with van der Waals surface area (Å²) in [6.45, 7) is 5.22. The number of rotatable bonds is 14. The Morgan fingerprint density at radius 3 is 2.58 bits per heavy atom. The standard InChI is InChI=1S/C35H42N2O8/c1-25-7-3-4-8-31(25)43-20-6-19-42-28-12-10-27(11-13-28)29-15-17-36(35(39)40)22-33(29)44-23-26-9-14-32-30(21-26)37(16-5-18-41-2)34(38)24-45-32/h3-4,7-14,21,29,33H,5-6,15-20,22-24H2,1-2H3,(H,39,40). The van der Waals surface area contributed by atoms with Gasteiger partial charge in [0.2, 0.25) is 0 Å². The number of benzene rings is 3. The molecule has 10 heteroatoms. The summed E-state index contributed by atoms with van der Waals surface area (Å²) < 4.78 is 29.0. The molecule has 1 N–H and O–H groups in total. The molecule has 3 aromatic carbocycles. The normalized spacial score (nSPS) is 17.9.